The lowest BCUT2D eigenvalue weighted by atomic mass is 10.2. The molecule has 0 unspecified atom stereocenters. The molecule has 0 heterocycles. The molecule has 0 saturated carbocycles. The first-order chi connectivity index (χ1) is 9.02. The van der Waals surface area contributed by atoms with E-state index in [9.17, 15) is 4.39 Å². The molecule has 0 aliphatic heterocycles. The molecule has 2 aromatic rings. The molecule has 96 valence electrons. The second-order valence-electron chi connectivity index (χ2n) is 3.52. The Labute approximate surface area is 127 Å². The predicted octanol–water partition coefficient (Wildman–Crippen LogP) is 5.56. The Kier molecular flexibility index (Phi) is 4.31. The van der Waals surface area contributed by atoms with Gasteiger partial charge in [0.25, 0.3) is 0 Å². The molecule has 6 heteroatoms. The van der Waals surface area contributed by atoms with Crippen LogP contribution in [-0.4, -0.2) is 0 Å². The molecular formula is C13H5BrCl2FNO. The highest BCUT2D eigenvalue weighted by Crippen LogP contribution is 2.37. The second-order valence-corrected chi connectivity index (χ2v) is 5.19. The molecule has 0 spiro atoms. The average molecular weight is 361 g/mol. The number of hydrogen-bond donors (Lipinski definition) is 0. The number of ether oxygens (including phenoxy) is 1. The third-order valence-corrected chi connectivity index (χ3v) is 3.77. The number of halogens is 4. The monoisotopic (exact) mass is 359 g/mol. The van der Waals surface area contributed by atoms with Crippen molar-refractivity contribution in [3.05, 3.63) is 56.2 Å². The van der Waals surface area contributed by atoms with Crippen LogP contribution in [0.4, 0.5) is 4.39 Å². The zero-order valence-corrected chi connectivity index (χ0v) is 12.4. The smallest absolute Gasteiger partial charge is 0.148 e. The van der Waals surface area contributed by atoms with Gasteiger partial charge >= 0.3 is 0 Å². The van der Waals surface area contributed by atoms with E-state index < -0.39 is 5.82 Å². The molecular weight excluding hydrogens is 356 g/mol. The number of rotatable bonds is 2. The van der Waals surface area contributed by atoms with Gasteiger partial charge in [-0.1, -0.05) is 29.3 Å². The second kappa shape index (κ2) is 5.79. The van der Waals surface area contributed by atoms with E-state index >= 15 is 0 Å². The Hall–Kier alpha value is -1.28. The lowest BCUT2D eigenvalue weighted by Gasteiger charge is -2.10. The summed E-state index contributed by atoms with van der Waals surface area (Å²) >= 11 is 15.1. The molecule has 0 aliphatic rings. The van der Waals surface area contributed by atoms with Crippen molar-refractivity contribution in [3.8, 4) is 17.6 Å². The Morgan fingerprint density at radius 3 is 2.58 bits per heavy atom. The number of nitrogens with zero attached hydrogens (tertiary/aromatic N) is 1. The third-order valence-electron chi connectivity index (χ3n) is 2.28. The van der Waals surface area contributed by atoms with Gasteiger partial charge in [0.2, 0.25) is 0 Å². The molecule has 2 nitrogen and oxygen atoms in total. The summed E-state index contributed by atoms with van der Waals surface area (Å²) in [5.41, 5.74) is -0.183. The summed E-state index contributed by atoms with van der Waals surface area (Å²) in [7, 11) is 0. The minimum absolute atomic E-state index is 0.0859. The molecule has 19 heavy (non-hydrogen) atoms. The first-order valence-electron chi connectivity index (χ1n) is 5.04. The van der Waals surface area contributed by atoms with Gasteiger partial charge in [-0.05, 0) is 34.1 Å². The fourth-order valence-corrected chi connectivity index (χ4v) is 2.23. The summed E-state index contributed by atoms with van der Waals surface area (Å²) in [6, 6.07) is 8.90. The number of hydrogen-bond acceptors (Lipinski definition) is 2. The lowest BCUT2D eigenvalue weighted by Crippen LogP contribution is -1.92. The number of nitriles is 1. The highest BCUT2D eigenvalue weighted by molar-refractivity contribution is 9.10. The molecule has 0 saturated heterocycles. The summed E-state index contributed by atoms with van der Waals surface area (Å²) in [5, 5.41) is 9.60. The van der Waals surface area contributed by atoms with E-state index in [-0.39, 0.29) is 17.1 Å². The van der Waals surface area contributed by atoms with Crippen molar-refractivity contribution >= 4 is 39.1 Å². The Morgan fingerprint density at radius 2 is 1.89 bits per heavy atom. The molecule has 0 N–H and O–H groups in total. The lowest BCUT2D eigenvalue weighted by molar-refractivity contribution is 0.474. The van der Waals surface area contributed by atoms with Crippen LogP contribution in [0.1, 0.15) is 5.56 Å². The van der Waals surface area contributed by atoms with Crippen molar-refractivity contribution in [2.24, 2.45) is 0 Å². The predicted molar refractivity (Wildman–Crippen MR) is 75.4 cm³/mol. The van der Waals surface area contributed by atoms with Gasteiger partial charge in [-0.3, -0.25) is 0 Å². The molecule has 2 aromatic carbocycles. The first-order valence-corrected chi connectivity index (χ1v) is 6.59. The normalized spacial score (nSPS) is 10.1. The fraction of sp³-hybridized carbons (Fsp3) is 0. The van der Waals surface area contributed by atoms with Crippen molar-refractivity contribution in [2.45, 2.75) is 0 Å². The van der Waals surface area contributed by atoms with Gasteiger partial charge in [-0.15, -0.1) is 0 Å². The van der Waals surface area contributed by atoms with E-state index in [0.29, 0.717) is 14.5 Å². The van der Waals surface area contributed by atoms with Crippen LogP contribution >= 0.6 is 39.1 Å². The number of benzene rings is 2. The molecule has 0 aromatic heterocycles. The van der Waals surface area contributed by atoms with E-state index in [1.807, 2.05) is 0 Å². The fourth-order valence-electron chi connectivity index (χ4n) is 1.40. The maximum atomic E-state index is 13.4. The minimum Gasteiger partial charge on any atom is -0.454 e. The van der Waals surface area contributed by atoms with Gasteiger partial charge in [-0.25, -0.2) is 4.39 Å². The SMILES string of the molecule is N#Cc1c(F)cccc1Oc1cc(Cl)c(Br)cc1Cl. The van der Waals surface area contributed by atoms with Gasteiger partial charge in [0.1, 0.15) is 28.9 Å². The van der Waals surface area contributed by atoms with Crippen LogP contribution in [0.2, 0.25) is 10.0 Å². The van der Waals surface area contributed by atoms with Crippen LogP contribution < -0.4 is 4.74 Å². The zero-order chi connectivity index (χ0) is 14.0. The van der Waals surface area contributed by atoms with E-state index in [1.165, 1.54) is 24.3 Å². The largest absolute Gasteiger partial charge is 0.454 e. The summed E-state index contributed by atoms with van der Waals surface area (Å²) < 4.78 is 19.5. The van der Waals surface area contributed by atoms with Crippen molar-refractivity contribution in [1.29, 1.82) is 5.26 Å². The Bertz CT molecular complexity index is 685. The van der Waals surface area contributed by atoms with Gasteiger partial charge in [0, 0.05) is 10.5 Å². The van der Waals surface area contributed by atoms with E-state index in [0.717, 1.165) is 0 Å². The standard InChI is InChI=1S/C13H5BrCl2FNO/c14-8-4-10(16)13(5-9(8)15)19-12-3-1-2-11(17)7(12)6-18/h1-5H. The topological polar surface area (TPSA) is 33.0 Å². The van der Waals surface area contributed by atoms with Gasteiger partial charge in [0.05, 0.1) is 10.0 Å². The molecule has 0 amide bonds. The summed E-state index contributed by atoms with van der Waals surface area (Å²) in [5.74, 6) is -0.320. The Balaban J connectivity index is 2.45. The van der Waals surface area contributed by atoms with Crippen molar-refractivity contribution in [2.75, 3.05) is 0 Å². The highest BCUT2D eigenvalue weighted by atomic mass is 79.9. The average Bonchev–Trinajstić information content (AvgIpc) is 2.36. The minimum atomic E-state index is -0.653. The zero-order valence-electron chi connectivity index (χ0n) is 9.25. The Morgan fingerprint density at radius 1 is 1.16 bits per heavy atom. The third kappa shape index (κ3) is 3.01. The van der Waals surface area contributed by atoms with E-state index in [2.05, 4.69) is 15.9 Å². The van der Waals surface area contributed by atoms with Crippen LogP contribution in [0.3, 0.4) is 0 Å². The van der Waals surface area contributed by atoms with Crippen LogP contribution in [-0.2, 0) is 0 Å². The van der Waals surface area contributed by atoms with Crippen molar-refractivity contribution in [3.63, 3.8) is 0 Å². The van der Waals surface area contributed by atoms with Crippen LogP contribution in [0, 0.1) is 17.1 Å². The molecule has 0 radical (unpaired) electrons. The molecule has 0 atom stereocenters. The highest BCUT2D eigenvalue weighted by Gasteiger charge is 2.13. The van der Waals surface area contributed by atoms with E-state index in [1.54, 1.807) is 12.1 Å². The van der Waals surface area contributed by atoms with Gasteiger partial charge in [0.15, 0.2) is 0 Å². The maximum Gasteiger partial charge on any atom is 0.148 e. The van der Waals surface area contributed by atoms with Crippen molar-refractivity contribution in [1.82, 2.24) is 0 Å². The van der Waals surface area contributed by atoms with Crippen LogP contribution in [0.25, 0.3) is 0 Å². The summed E-state index contributed by atoms with van der Waals surface area (Å²) in [4.78, 5) is 0. The summed E-state index contributed by atoms with van der Waals surface area (Å²) in [6.07, 6.45) is 0. The molecule has 0 bridgehead atoms. The van der Waals surface area contributed by atoms with Gasteiger partial charge < -0.3 is 4.74 Å². The first kappa shape index (κ1) is 14.1. The van der Waals surface area contributed by atoms with Crippen LogP contribution in [0.5, 0.6) is 11.5 Å². The molecule has 0 aliphatic carbocycles. The molecule has 2 rings (SSSR count). The van der Waals surface area contributed by atoms with Crippen molar-refractivity contribution < 1.29 is 9.13 Å². The summed E-state index contributed by atoms with van der Waals surface area (Å²) in [6.45, 7) is 0. The quantitative estimate of drug-likeness (QED) is 0.657. The van der Waals surface area contributed by atoms with E-state index in [4.69, 9.17) is 33.2 Å². The maximum absolute atomic E-state index is 13.4. The molecule has 0 fully saturated rings. The van der Waals surface area contributed by atoms with Gasteiger partial charge in [-0.2, -0.15) is 5.26 Å². The van der Waals surface area contributed by atoms with Crippen LogP contribution in [0.15, 0.2) is 34.8 Å².